The Kier molecular flexibility index (Phi) is 5.03. The zero-order valence-corrected chi connectivity index (χ0v) is 14.8. The van der Waals surface area contributed by atoms with Gasteiger partial charge in [-0.3, -0.25) is 14.9 Å². The fraction of sp³-hybridized carbons (Fsp3) is 0.278. The average molecular weight is 374 g/mol. The summed E-state index contributed by atoms with van der Waals surface area (Å²) in [5.74, 6) is -0.531. The van der Waals surface area contributed by atoms with Crippen molar-refractivity contribution in [3.63, 3.8) is 0 Å². The average Bonchev–Trinajstić information content (AvgIpc) is 3.09. The number of amides is 1. The number of benzene rings is 2. The molecule has 1 fully saturated rings. The molecule has 1 atom stereocenters. The Hall–Kier alpha value is -2.74. The third-order valence-electron chi connectivity index (χ3n) is 4.46. The summed E-state index contributed by atoms with van der Waals surface area (Å²) < 4.78 is 25.2. The molecule has 136 valence electrons. The number of non-ortho nitro benzene ring substituents is 1. The van der Waals surface area contributed by atoms with E-state index in [4.69, 9.17) is 0 Å². The molecule has 1 saturated heterocycles. The van der Waals surface area contributed by atoms with Crippen LogP contribution < -0.4 is 0 Å². The molecule has 8 heteroatoms. The van der Waals surface area contributed by atoms with Crippen molar-refractivity contribution in [2.24, 2.45) is 0 Å². The van der Waals surface area contributed by atoms with Crippen LogP contribution in [0.2, 0.25) is 0 Å². The molecule has 1 unspecified atom stereocenters. The van der Waals surface area contributed by atoms with Crippen LogP contribution >= 0.6 is 0 Å². The second kappa shape index (κ2) is 7.25. The van der Waals surface area contributed by atoms with Crippen molar-refractivity contribution in [3.05, 3.63) is 70.3 Å². The maximum Gasteiger partial charge on any atom is 0.270 e. The number of carbonyl (C=O) groups is 1. The van der Waals surface area contributed by atoms with Crippen molar-refractivity contribution >= 4 is 21.4 Å². The molecule has 2 aromatic rings. The molecule has 2 aromatic carbocycles. The van der Waals surface area contributed by atoms with E-state index >= 15 is 0 Å². The van der Waals surface area contributed by atoms with Crippen molar-refractivity contribution in [2.45, 2.75) is 23.8 Å². The highest BCUT2D eigenvalue weighted by atomic mass is 32.2. The lowest BCUT2D eigenvalue weighted by Crippen LogP contribution is -2.39. The fourth-order valence-electron chi connectivity index (χ4n) is 3.17. The Bertz CT molecular complexity index is 928. The minimum Gasteiger partial charge on any atom is -0.335 e. The molecule has 7 nitrogen and oxygen atoms in total. The van der Waals surface area contributed by atoms with Gasteiger partial charge in [-0.15, -0.1) is 0 Å². The van der Waals surface area contributed by atoms with Gasteiger partial charge in [-0.1, -0.05) is 24.3 Å². The number of hydrogen-bond acceptors (Lipinski definition) is 5. The van der Waals surface area contributed by atoms with E-state index in [1.54, 1.807) is 18.2 Å². The smallest absolute Gasteiger partial charge is 0.270 e. The van der Waals surface area contributed by atoms with Crippen molar-refractivity contribution in [3.8, 4) is 0 Å². The molecule has 1 aliphatic heterocycles. The zero-order valence-electron chi connectivity index (χ0n) is 13.9. The summed E-state index contributed by atoms with van der Waals surface area (Å²) in [4.78, 5) is 24.9. The predicted octanol–water partition coefficient (Wildman–Crippen LogP) is 2.67. The van der Waals surface area contributed by atoms with E-state index in [2.05, 4.69) is 0 Å². The number of likely N-dealkylation sites (tertiary alicyclic amines) is 1. The Morgan fingerprint density at radius 2 is 1.88 bits per heavy atom. The summed E-state index contributed by atoms with van der Waals surface area (Å²) in [6.45, 7) is 0.441. The van der Waals surface area contributed by atoms with Crippen molar-refractivity contribution in [1.82, 2.24) is 4.90 Å². The first kappa shape index (κ1) is 18.1. The number of hydrogen-bond donors (Lipinski definition) is 0. The maximum absolute atomic E-state index is 12.8. The molecule has 3 rings (SSSR count). The molecule has 0 saturated carbocycles. The van der Waals surface area contributed by atoms with Gasteiger partial charge in [-0.2, -0.15) is 0 Å². The zero-order chi connectivity index (χ0) is 18.7. The van der Waals surface area contributed by atoms with E-state index in [1.807, 2.05) is 0 Å². The van der Waals surface area contributed by atoms with Gasteiger partial charge in [0.05, 0.1) is 15.6 Å². The number of nitrogens with zero attached hydrogens (tertiary/aromatic N) is 2. The Balaban J connectivity index is 1.81. The molecular formula is C18H18N2O5S. The third-order valence-corrected chi connectivity index (χ3v) is 6.27. The standard InChI is InChI=1S/C18H18N2O5S/c21-18(14-6-4-7-15(12-14)20(22)23)19-11-5-8-16(19)13-26(24,25)17-9-2-1-3-10-17/h1-4,6-7,9-10,12,16H,5,8,11,13H2. The van der Waals surface area contributed by atoms with Gasteiger partial charge in [0.15, 0.2) is 9.84 Å². The van der Waals surface area contributed by atoms with Gasteiger partial charge < -0.3 is 4.90 Å². The van der Waals surface area contributed by atoms with Gasteiger partial charge in [0, 0.05) is 30.3 Å². The molecule has 26 heavy (non-hydrogen) atoms. The lowest BCUT2D eigenvalue weighted by molar-refractivity contribution is -0.384. The normalized spacial score (nSPS) is 17.2. The van der Waals surface area contributed by atoms with Crippen molar-refractivity contribution < 1.29 is 18.1 Å². The van der Waals surface area contributed by atoms with Crippen molar-refractivity contribution in [1.29, 1.82) is 0 Å². The summed E-state index contributed by atoms with van der Waals surface area (Å²) in [7, 11) is -3.52. The summed E-state index contributed by atoms with van der Waals surface area (Å²) in [6.07, 6.45) is 1.29. The van der Waals surface area contributed by atoms with E-state index < -0.39 is 20.8 Å². The topological polar surface area (TPSA) is 97.6 Å². The molecule has 0 aliphatic carbocycles. The first-order valence-electron chi connectivity index (χ1n) is 8.22. The SMILES string of the molecule is O=C(c1cccc([N+](=O)[O-])c1)N1CCCC1CS(=O)(=O)c1ccccc1. The van der Waals surface area contributed by atoms with Crippen molar-refractivity contribution in [2.75, 3.05) is 12.3 Å². The Morgan fingerprint density at radius 3 is 2.58 bits per heavy atom. The van der Waals surface area contributed by atoms with Gasteiger partial charge >= 0.3 is 0 Å². The van der Waals surface area contributed by atoms with Crippen LogP contribution in [-0.2, 0) is 9.84 Å². The highest BCUT2D eigenvalue weighted by molar-refractivity contribution is 7.91. The quantitative estimate of drug-likeness (QED) is 0.592. The largest absolute Gasteiger partial charge is 0.335 e. The van der Waals surface area contributed by atoms with Gasteiger partial charge in [0.2, 0.25) is 0 Å². The van der Waals surface area contributed by atoms with E-state index in [-0.39, 0.29) is 27.8 Å². The van der Waals surface area contributed by atoms with Gasteiger partial charge in [-0.05, 0) is 31.0 Å². The highest BCUT2D eigenvalue weighted by Gasteiger charge is 2.33. The first-order chi connectivity index (χ1) is 12.4. The van der Waals surface area contributed by atoms with Gasteiger partial charge in [-0.25, -0.2) is 8.42 Å². The molecule has 0 spiro atoms. The minimum atomic E-state index is -3.52. The maximum atomic E-state index is 12.8. The second-order valence-electron chi connectivity index (χ2n) is 6.20. The lowest BCUT2D eigenvalue weighted by Gasteiger charge is -2.24. The van der Waals surface area contributed by atoms with Crippen LogP contribution in [0.3, 0.4) is 0 Å². The van der Waals surface area contributed by atoms with E-state index in [9.17, 15) is 23.3 Å². The number of nitro groups is 1. The molecule has 1 amide bonds. The second-order valence-corrected chi connectivity index (χ2v) is 8.23. The van der Waals surface area contributed by atoms with E-state index in [0.717, 1.165) is 0 Å². The van der Waals surface area contributed by atoms with Crippen LogP contribution in [0, 0.1) is 10.1 Å². The summed E-state index contributed by atoms with van der Waals surface area (Å²) in [6, 6.07) is 13.2. The molecule has 1 heterocycles. The molecule has 0 aromatic heterocycles. The number of carbonyl (C=O) groups excluding carboxylic acids is 1. The summed E-state index contributed by atoms with van der Waals surface area (Å²) >= 11 is 0. The third kappa shape index (κ3) is 3.75. The van der Waals surface area contributed by atoms with Crippen LogP contribution in [0.25, 0.3) is 0 Å². The van der Waals surface area contributed by atoms with Crippen LogP contribution in [0.4, 0.5) is 5.69 Å². The van der Waals surface area contributed by atoms with E-state index in [0.29, 0.717) is 19.4 Å². The Labute approximate surface area is 151 Å². The molecule has 0 bridgehead atoms. The Morgan fingerprint density at radius 1 is 1.15 bits per heavy atom. The van der Waals surface area contributed by atoms with Gasteiger partial charge in [0.25, 0.3) is 11.6 Å². The predicted molar refractivity (Wildman–Crippen MR) is 95.6 cm³/mol. The number of sulfone groups is 1. The number of rotatable bonds is 5. The van der Waals surface area contributed by atoms with Crippen LogP contribution in [0.1, 0.15) is 23.2 Å². The summed E-state index contributed by atoms with van der Waals surface area (Å²) in [5, 5.41) is 10.9. The molecule has 1 aliphatic rings. The fourth-order valence-corrected chi connectivity index (χ4v) is 4.79. The molecule has 0 N–H and O–H groups in total. The van der Waals surface area contributed by atoms with E-state index in [1.165, 1.54) is 41.3 Å². The highest BCUT2D eigenvalue weighted by Crippen LogP contribution is 2.25. The van der Waals surface area contributed by atoms with Gasteiger partial charge in [0.1, 0.15) is 0 Å². The van der Waals surface area contributed by atoms with Crippen LogP contribution in [0.15, 0.2) is 59.5 Å². The lowest BCUT2D eigenvalue weighted by atomic mass is 10.1. The molecular weight excluding hydrogens is 356 g/mol. The number of nitro benzene ring substituents is 1. The van der Waals surface area contributed by atoms with Crippen LogP contribution in [-0.4, -0.2) is 42.5 Å². The first-order valence-corrected chi connectivity index (χ1v) is 9.87. The summed E-state index contributed by atoms with van der Waals surface area (Å²) in [5.41, 5.74) is 0.0340. The monoisotopic (exact) mass is 374 g/mol. The van der Waals surface area contributed by atoms with Crippen LogP contribution in [0.5, 0.6) is 0 Å². The minimum absolute atomic E-state index is 0.155. The molecule has 0 radical (unpaired) electrons.